The van der Waals surface area contributed by atoms with Crippen LogP contribution in [0.3, 0.4) is 0 Å². The number of hydrogen-bond acceptors (Lipinski definition) is 2. The standard InChI is InChI=1S/C16H21F2N3/c1-5-19-15(13-7-6-8-14(17)16(13)18)9-21-12(4)10(2)11(3)20-21/h6-8,15,19H,5,9H2,1-4H3. The molecule has 0 fully saturated rings. The van der Waals surface area contributed by atoms with Gasteiger partial charge < -0.3 is 5.32 Å². The number of nitrogens with one attached hydrogen (secondary N) is 1. The molecule has 0 aliphatic heterocycles. The lowest BCUT2D eigenvalue weighted by Gasteiger charge is -2.20. The van der Waals surface area contributed by atoms with E-state index in [2.05, 4.69) is 10.4 Å². The maximum absolute atomic E-state index is 14.0. The van der Waals surface area contributed by atoms with Gasteiger partial charge in [0.15, 0.2) is 11.6 Å². The van der Waals surface area contributed by atoms with Crippen LogP contribution in [0, 0.1) is 32.4 Å². The third kappa shape index (κ3) is 3.13. The molecule has 1 aromatic heterocycles. The average Bonchev–Trinajstić information content (AvgIpc) is 2.69. The first-order valence-electron chi connectivity index (χ1n) is 7.13. The van der Waals surface area contributed by atoms with E-state index in [0.29, 0.717) is 18.7 Å². The van der Waals surface area contributed by atoms with Crippen LogP contribution < -0.4 is 5.32 Å². The molecule has 1 atom stereocenters. The summed E-state index contributed by atoms with van der Waals surface area (Å²) in [5.74, 6) is -1.61. The van der Waals surface area contributed by atoms with Gasteiger partial charge in [0.05, 0.1) is 18.3 Å². The number of likely N-dealkylation sites (N-methyl/N-ethyl adjacent to an activating group) is 1. The number of rotatable bonds is 5. The largest absolute Gasteiger partial charge is 0.309 e. The van der Waals surface area contributed by atoms with Gasteiger partial charge in [-0.3, -0.25) is 4.68 Å². The Balaban J connectivity index is 2.35. The Morgan fingerprint density at radius 3 is 2.52 bits per heavy atom. The van der Waals surface area contributed by atoms with Crippen LogP contribution in [0.2, 0.25) is 0 Å². The van der Waals surface area contributed by atoms with Gasteiger partial charge in [0.1, 0.15) is 0 Å². The van der Waals surface area contributed by atoms with E-state index >= 15 is 0 Å². The lowest BCUT2D eigenvalue weighted by molar-refractivity contribution is 0.412. The number of halogens is 2. The van der Waals surface area contributed by atoms with Gasteiger partial charge in [-0.25, -0.2) is 8.78 Å². The Hall–Kier alpha value is -1.75. The van der Waals surface area contributed by atoms with Crippen LogP contribution in [-0.4, -0.2) is 16.3 Å². The summed E-state index contributed by atoms with van der Waals surface area (Å²) in [6, 6.07) is 3.97. The van der Waals surface area contributed by atoms with Crippen LogP contribution in [-0.2, 0) is 6.54 Å². The van der Waals surface area contributed by atoms with Gasteiger partial charge in [0, 0.05) is 11.3 Å². The van der Waals surface area contributed by atoms with Crippen LogP contribution in [0.15, 0.2) is 18.2 Å². The Morgan fingerprint density at radius 2 is 1.95 bits per heavy atom. The monoisotopic (exact) mass is 293 g/mol. The van der Waals surface area contributed by atoms with Crippen molar-refractivity contribution in [2.45, 2.75) is 40.3 Å². The first kappa shape index (κ1) is 15.6. The SMILES string of the molecule is CCNC(Cn1nc(C)c(C)c1C)c1cccc(F)c1F. The molecule has 1 heterocycles. The minimum absolute atomic E-state index is 0.317. The van der Waals surface area contributed by atoms with Crippen molar-refractivity contribution in [1.82, 2.24) is 15.1 Å². The summed E-state index contributed by atoms with van der Waals surface area (Å²) in [5.41, 5.74) is 3.47. The number of aryl methyl sites for hydroxylation is 1. The summed E-state index contributed by atoms with van der Waals surface area (Å²) in [6.45, 7) is 9.02. The second-order valence-corrected chi connectivity index (χ2v) is 5.23. The molecule has 0 aliphatic carbocycles. The topological polar surface area (TPSA) is 29.9 Å². The van der Waals surface area contributed by atoms with Crippen molar-refractivity contribution < 1.29 is 8.78 Å². The lowest BCUT2D eigenvalue weighted by atomic mass is 10.1. The molecular formula is C16H21F2N3. The fraction of sp³-hybridized carbons (Fsp3) is 0.438. The third-order valence-electron chi connectivity index (χ3n) is 3.91. The molecule has 2 rings (SSSR count). The number of aromatic nitrogens is 2. The van der Waals surface area contributed by atoms with E-state index in [1.807, 2.05) is 32.4 Å². The molecule has 1 N–H and O–H groups in total. The molecule has 1 aromatic carbocycles. The van der Waals surface area contributed by atoms with E-state index in [4.69, 9.17) is 0 Å². The summed E-state index contributed by atoms with van der Waals surface area (Å²) in [4.78, 5) is 0. The van der Waals surface area contributed by atoms with Gasteiger partial charge in [0.2, 0.25) is 0 Å². The molecule has 0 saturated heterocycles. The molecule has 5 heteroatoms. The summed E-state index contributed by atoms with van der Waals surface area (Å²) < 4.78 is 29.3. The molecule has 0 amide bonds. The molecule has 21 heavy (non-hydrogen) atoms. The average molecular weight is 293 g/mol. The van der Waals surface area contributed by atoms with Gasteiger partial charge in [-0.15, -0.1) is 0 Å². The highest BCUT2D eigenvalue weighted by molar-refractivity contribution is 5.25. The maximum atomic E-state index is 14.0. The van der Waals surface area contributed by atoms with Crippen LogP contribution in [0.4, 0.5) is 8.78 Å². The van der Waals surface area contributed by atoms with Gasteiger partial charge in [-0.2, -0.15) is 5.10 Å². The maximum Gasteiger partial charge on any atom is 0.163 e. The first-order valence-corrected chi connectivity index (χ1v) is 7.13. The number of hydrogen-bond donors (Lipinski definition) is 1. The van der Waals surface area contributed by atoms with E-state index < -0.39 is 11.6 Å². The Morgan fingerprint density at radius 1 is 1.24 bits per heavy atom. The number of benzene rings is 1. The predicted octanol–water partition coefficient (Wildman–Crippen LogP) is 3.44. The van der Waals surface area contributed by atoms with Gasteiger partial charge in [-0.05, 0) is 38.9 Å². The van der Waals surface area contributed by atoms with Crippen molar-refractivity contribution in [2.24, 2.45) is 0 Å². The van der Waals surface area contributed by atoms with Crippen LogP contribution >= 0.6 is 0 Å². The minimum atomic E-state index is -0.819. The van der Waals surface area contributed by atoms with Crippen molar-refractivity contribution in [3.05, 3.63) is 52.3 Å². The summed E-state index contributed by atoms with van der Waals surface area (Å²) in [5, 5.41) is 7.67. The van der Waals surface area contributed by atoms with Gasteiger partial charge in [-0.1, -0.05) is 19.1 Å². The van der Waals surface area contributed by atoms with Crippen molar-refractivity contribution in [3.8, 4) is 0 Å². The zero-order valence-corrected chi connectivity index (χ0v) is 12.9. The van der Waals surface area contributed by atoms with Crippen molar-refractivity contribution >= 4 is 0 Å². The normalized spacial score (nSPS) is 12.7. The zero-order chi connectivity index (χ0) is 15.6. The van der Waals surface area contributed by atoms with E-state index in [-0.39, 0.29) is 6.04 Å². The highest BCUT2D eigenvalue weighted by Gasteiger charge is 2.19. The number of nitrogens with zero attached hydrogens (tertiary/aromatic N) is 2. The minimum Gasteiger partial charge on any atom is -0.309 e. The van der Waals surface area contributed by atoms with E-state index in [1.54, 1.807) is 6.07 Å². The van der Waals surface area contributed by atoms with E-state index in [9.17, 15) is 8.78 Å². The molecular weight excluding hydrogens is 272 g/mol. The summed E-state index contributed by atoms with van der Waals surface area (Å²) >= 11 is 0. The van der Waals surface area contributed by atoms with Crippen LogP contribution in [0.25, 0.3) is 0 Å². The van der Waals surface area contributed by atoms with Gasteiger partial charge in [0.25, 0.3) is 0 Å². The van der Waals surface area contributed by atoms with Gasteiger partial charge >= 0.3 is 0 Å². The van der Waals surface area contributed by atoms with E-state index in [0.717, 1.165) is 23.0 Å². The quantitative estimate of drug-likeness (QED) is 0.915. The zero-order valence-electron chi connectivity index (χ0n) is 12.9. The molecule has 0 radical (unpaired) electrons. The molecule has 0 saturated carbocycles. The fourth-order valence-electron chi connectivity index (χ4n) is 2.45. The Kier molecular flexibility index (Phi) is 4.73. The van der Waals surface area contributed by atoms with Crippen molar-refractivity contribution in [1.29, 1.82) is 0 Å². The summed E-state index contributed by atoms with van der Waals surface area (Å²) in [6.07, 6.45) is 0. The van der Waals surface area contributed by atoms with Crippen molar-refractivity contribution in [3.63, 3.8) is 0 Å². The molecule has 114 valence electrons. The molecule has 0 aliphatic rings. The molecule has 3 nitrogen and oxygen atoms in total. The molecule has 2 aromatic rings. The highest BCUT2D eigenvalue weighted by Crippen LogP contribution is 2.22. The molecule has 0 spiro atoms. The van der Waals surface area contributed by atoms with Crippen LogP contribution in [0.5, 0.6) is 0 Å². The smallest absolute Gasteiger partial charge is 0.163 e. The lowest BCUT2D eigenvalue weighted by Crippen LogP contribution is -2.27. The molecule has 0 bridgehead atoms. The van der Waals surface area contributed by atoms with E-state index in [1.165, 1.54) is 6.07 Å². The second-order valence-electron chi connectivity index (χ2n) is 5.23. The second kappa shape index (κ2) is 6.35. The fourth-order valence-corrected chi connectivity index (χ4v) is 2.45. The third-order valence-corrected chi connectivity index (χ3v) is 3.91. The van der Waals surface area contributed by atoms with Crippen LogP contribution in [0.1, 0.15) is 35.5 Å². The predicted molar refractivity (Wildman–Crippen MR) is 79.2 cm³/mol. The Bertz CT molecular complexity index is 635. The van der Waals surface area contributed by atoms with Crippen molar-refractivity contribution in [2.75, 3.05) is 6.54 Å². The molecule has 1 unspecified atom stereocenters. The first-order chi connectivity index (χ1) is 9.95. The summed E-state index contributed by atoms with van der Waals surface area (Å²) in [7, 11) is 0. The highest BCUT2D eigenvalue weighted by atomic mass is 19.2. The Labute approximate surface area is 124 Å².